The molecule has 1 amide bonds. The minimum atomic E-state index is -0.940. The van der Waals surface area contributed by atoms with Gasteiger partial charge in [-0.2, -0.15) is 0 Å². The van der Waals surface area contributed by atoms with Gasteiger partial charge in [0.15, 0.2) is 0 Å². The van der Waals surface area contributed by atoms with Crippen LogP contribution < -0.4 is 5.32 Å². The number of rotatable bonds is 4. The van der Waals surface area contributed by atoms with E-state index < -0.39 is 12.0 Å². The zero-order chi connectivity index (χ0) is 13.9. The summed E-state index contributed by atoms with van der Waals surface area (Å²) in [5, 5.41) is 11.9. The van der Waals surface area contributed by atoms with Crippen LogP contribution in [-0.4, -0.2) is 47.6 Å². The molecule has 1 saturated heterocycles. The standard InChI is InChI=1S/C13H24N2O3/c1-9(2)6-15-8-13(3,4)7-14-10(12(15)18)5-11(16)17/h9-10,14H,5-8H2,1-4H3,(H,16,17). The first kappa shape index (κ1) is 15.0. The van der Waals surface area contributed by atoms with Gasteiger partial charge in [0, 0.05) is 19.6 Å². The summed E-state index contributed by atoms with van der Waals surface area (Å²) < 4.78 is 0. The lowest BCUT2D eigenvalue weighted by Crippen LogP contribution is -2.45. The van der Waals surface area contributed by atoms with Gasteiger partial charge in [-0.1, -0.05) is 27.7 Å². The normalized spacial score (nSPS) is 24.2. The molecule has 1 aliphatic heterocycles. The van der Waals surface area contributed by atoms with Gasteiger partial charge in [-0.3, -0.25) is 9.59 Å². The molecular weight excluding hydrogens is 232 g/mol. The van der Waals surface area contributed by atoms with Crippen molar-refractivity contribution in [1.82, 2.24) is 10.2 Å². The Morgan fingerprint density at radius 2 is 2.17 bits per heavy atom. The molecule has 0 aliphatic carbocycles. The molecule has 2 N–H and O–H groups in total. The second-order valence-electron chi connectivity index (χ2n) is 6.31. The van der Waals surface area contributed by atoms with E-state index in [1.165, 1.54) is 0 Å². The van der Waals surface area contributed by atoms with Crippen molar-refractivity contribution in [2.75, 3.05) is 19.6 Å². The van der Waals surface area contributed by atoms with Crippen molar-refractivity contribution < 1.29 is 14.7 Å². The SMILES string of the molecule is CC(C)CN1CC(C)(C)CNC(CC(=O)O)C1=O. The highest BCUT2D eigenvalue weighted by molar-refractivity contribution is 5.86. The number of carboxylic acid groups (broad SMARTS) is 1. The number of nitrogens with zero attached hydrogens (tertiary/aromatic N) is 1. The third-order valence-electron chi connectivity index (χ3n) is 3.02. The van der Waals surface area contributed by atoms with Gasteiger partial charge in [0.1, 0.15) is 0 Å². The monoisotopic (exact) mass is 256 g/mol. The summed E-state index contributed by atoms with van der Waals surface area (Å²) in [6, 6.07) is -0.594. The van der Waals surface area contributed by atoms with Crippen LogP contribution in [0.5, 0.6) is 0 Å². The number of aliphatic carboxylic acids is 1. The van der Waals surface area contributed by atoms with Crippen LogP contribution >= 0.6 is 0 Å². The Morgan fingerprint density at radius 3 is 2.67 bits per heavy atom. The van der Waals surface area contributed by atoms with E-state index >= 15 is 0 Å². The van der Waals surface area contributed by atoms with E-state index in [2.05, 4.69) is 33.0 Å². The largest absolute Gasteiger partial charge is 0.481 e. The summed E-state index contributed by atoms with van der Waals surface area (Å²) in [6.45, 7) is 10.3. The predicted molar refractivity (Wildman–Crippen MR) is 69.2 cm³/mol. The van der Waals surface area contributed by atoms with E-state index in [-0.39, 0.29) is 17.7 Å². The van der Waals surface area contributed by atoms with E-state index in [4.69, 9.17) is 5.11 Å². The number of carbonyl (C=O) groups excluding carboxylic acids is 1. The quantitative estimate of drug-likeness (QED) is 0.785. The zero-order valence-corrected chi connectivity index (χ0v) is 11.7. The van der Waals surface area contributed by atoms with Crippen LogP contribution in [0, 0.1) is 11.3 Å². The Kier molecular flexibility index (Phi) is 4.73. The van der Waals surface area contributed by atoms with Gasteiger partial charge in [-0.25, -0.2) is 0 Å². The minimum Gasteiger partial charge on any atom is -0.481 e. The molecule has 0 saturated carbocycles. The van der Waals surface area contributed by atoms with Crippen LogP contribution in [0.1, 0.15) is 34.1 Å². The molecule has 0 spiro atoms. The molecule has 1 atom stereocenters. The van der Waals surface area contributed by atoms with Gasteiger partial charge in [-0.15, -0.1) is 0 Å². The molecular formula is C13H24N2O3. The maximum Gasteiger partial charge on any atom is 0.305 e. The second kappa shape index (κ2) is 5.69. The van der Waals surface area contributed by atoms with E-state index in [1.807, 2.05) is 0 Å². The number of hydrogen-bond acceptors (Lipinski definition) is 3. The van der Waals surface area contributed by atoms with Crippen molar-refractivity contribution in [2.45, 2.75) is 40.2 Å². The fourth-order valence-corrected chi connectivity index (χ4v) is 2.29. The Balaban J connectivity index is 2.84. The van der Waals surface area contributed by atoms with Gasteiger partial charge in [0.2, 0.25) is 5.91 Å². The number of carboxylic acids is 1. The molecule has 1 rings (SSSR count). The summed E-state index contributed by atoms with van der Waals surface area (Å²) in [7, 11) is 0. The lowest BCUT2D eigenvalue weighted by atomic mass is 9.93. The van der Waals surface area contributed by atoms with Crippen LogP contribution in [0.25, 0.3) is 0 Å². The number of amides is 1. The van der Waals surface area contributed by atoms with Crippen LogP contribution in [0.4, 0.5) is 0 Å². The Bertz CT molecular complexity index is 326. The van der Waals surface area contributed by atoms with Crippen LogP contribution in [0.2, 0.25) is 0 Å². The molecule has 104 valence electrons. The molecule has 0 radical (unpaired) electrons. The fourth-order valence-electron chi connectivity index (χ4n) is 2.29. The number of carbonyl (C=O) groups is 2. The summed E-state index contributed by atoms with van der Waals surface area (Å²) in [4.78, 5) is 24.9. The minimum absolute atomic E-state index is 0.0300. The molecule has 0 aromatic rings. The number of hydrogen-bond donors (Lipinski definition) is 2. The Morgan fingerprint density at radius 1 is 1.56 bits per heavy atom. The molecule has 18 heavy (non-hydrogen) atoms. The maximum absolute atomic E-state index is 12.3. The lowest BCUT2D eigenvalue weighted by molar-refractivity contribution is -0.142. The predicted octanol–water partition coefficient (Wildman–Crippen LogP) is 0.944. The molecule has 0 aromatic carbocycles. The second-order valence-corrected chi connectivity index (χ2v) is 6.31. The Hall–Kier alpha value is -1.10. The molecule has 5 heteroatoms. The smallest absolute Gasteiger partial charge is 0.305 e. The fraction of sp³-hybridized carbons (Fsp3) is 0.846. The molecule has 1 aliphatic rings. The van der Waals surface area contributed by atoms with Crippen molar-refractivity contribution in [2.24, 2.45) is 11.3 Å². The van der Waals surface area contributed by atoms with Gasteiger partial charge >= 0.3 is 5.97 Å². The van der Waals surface area contributed by atoms with E-state index in [0.717, 1.165) is 0 Å². The summed E-state index contributed by atoms with van der Waals surface area (Å²) in [5.41, 5.74) is -0.0300. The van der Waals surface area contributed by atoms with Gasteiger partial charge in [-0.05, 0) is 11.3 Å². The first-order valence-corrected chi connectivity index (χ1v) is 6.45. The number of nitrogens with one attached hydrogen (secondary N) is 1. The molecule has 1 unspecified atom stereocenters. The van der Waals surface area contributed by atoms with Crippen molar-refractivity contribution in [3.05, 3.63) is 0 Å². The van der Waals surface area contributed by atoms with Gasteiger partial charge in [0.05, 0.1) is 12.5 Å². The van der Waals surface area contributed by atoms with Gasteiger partial charge < -0.3 is 15.3 Å². The highest BCUT2D eigenvalue weighted by Gasteiger charge is 2.35. The third-order valence-corrected chi connectivity index (χ3v) is 3.02. The Labute approximate surface area is 109 Å². The highest BCUT2D eigenvalue weighted by Crippen LogP contribution is 2.21. The molecule has 1 heterocycles. The van der Waals surface area contributed by atoms with Crippen molar-refractivity contribution >= 4 is 11.9 Å². The summed E-state index contributed by atoms with van der Waals surface area (Å²) in [5.74, 6) is -0.643. The average Bonchev–Trinajstić information content (AvgIpc) is 2.28. The zero-order valence-electron chi connectivity index (χ0n) is 11.7. The van der Waals surface area contributed by atoms with Crippen LogP contribution in [-0.2, 0) is 9.59 Å². The lowest BCUT2D eigenvalue weighted by Gasteiger charge is -2.30. The molecule has 1 fully saturated rings. The van der Waals surface area contributed by atoms with E-state index in [9.17, 15) is 9.59 Å². The van der Waals surface area contributed by atoms with Crippen LogP contribution in [0.3, 0.4) is 0 Å². The summed E-state index contributed by atoms with van der Waals surface area (Å²) >= 11 is 0. The third kappa shape index (κ3) is 4.29. The molecule has 5 nitrogen and oxygen atoms in total. The van der Waals surface area contributed by atoms with E-state index in [0.29, 0.717) is 25.6 Å². The maximum atomic E-state index is 12.3. The van der Waals surface area contributed by atoms with Crippen molar-refractivity contribution in [3.8, 4) is 0 Å². The van der Waals surface area contributed by atoms with Gasteiger partial charge in [0.25, 0.3) is 0 Å². The van der Waals surface area contributed by atoms with E-state index in [1.54, 1.807) is 4.90 Å². The summed E-state index contributed by atoms with van der Waals surface area (Å²) in [6.07, 6.45) is -0.149. The average molecular weight is 256 g/mol. The molecule has 0 aromatic heterocycles. The van der Waals surface area contributed by atoms with Crippen LogP contribution in [0.15, 0.2) is 0 Å². The topological polar surface area (TPSA) is 69.6 Å². The van der Waals surface area contributed by atoms with Crippen molar-refractivity contribution in [1.29, 1.82) is 0 Å². The first-order chi connectivity index (χ1) is 8.21. The highest BCUT2D eigenvalue weighted by atomic mass is 16.4. The van der Waals surface area contributed by atoms with Crippen molar-refractivity contribution in [3.63, 3.8) is 0 Å². The molecule has 0 bridgehead atoms. The first-order valence-electron chi connectivity index (χ1n) is 6.45.